The van der Waals surface area contributed by atoms with Gasteiger partial charge < -0.3 is 10.2 Å². The first-order chi connectivity index (χ1) is 12.7. The average molecular weight is 418 g/mol. The Morgan fingerprint density at radius 1 is 1.00 bits per heavy atom. The Bertz CT molecular complexity index is 936. The summed E-state index contributed by atoms with van der Waals surface area (Å²) in [6.07, 6.45) is 0.986. The van der Waals surface area contributed by atoms with E-state index in [9.17, 15) is 4.79 Å². The fraction of sp³-hybridized carbons (Fsp3) is 0.273. The number of halogens is 2. The molecule has 0 saturated carbocycles. The van der Waals surface area contributed by atoms with Crippen molar-refractivity contribution in [2.24, 2.45) is 0 Å². The minimum atomic E-state index is 0. The molecule has 2 heterocycles. The second-order valence-electron chi connectivity index (χ2n) is 6.83. The molecule has 148 valence electrons. The van der Waals surface area contributed by atoms with Gasteiger partial charge in [-0.1, -0.05) is 48.0 Å². The number of nitrogens with zero attached hydrogens (tertiary/aromatic N) is 2. The van der Waals surface area contributed by atoms with E-state index in [-0.39, 0.29) is 30.7 Å². The number of aromatic nitrogens is 1. The van der Waals surface area contributed by atoms with Crippen LogP contribution in [0.4, 0.5) is 0 Å². The molecule has 1 aliphatic heterocycles. The highest BCUT2D eigenvalue weighted by atomic mass is 35.5. The predicted octanol–water partition coefficient (Wildman–Crippen LogP) is 4.49. The Labute approximate surface area is 178 Å². The maximum absolute atomic E-state index is 13.3. The molecule has 0 spiro atoms. The van der Waals surface area contributed by atoms with E-state index in [1.54, 1.807) is 0 Å². The zero-order valence-corrected chi connectivity index (χ0v) is 17.5. The van der Waals surface area contributed by atoms with Crippen LogP contribution in [0.3, 0.4) is 0 Å². The number of aryl methyl sites for hydroxylation is 1. The van der Waals surface area contributed by atoms with Gasteiger partial charge in [0.1, 0.15) is 0 Å². The van der Waals surface area contributed by atoms with E-state index in [1.165, 1.54) is 5.56 Å². The van der Waals surface area contributed by atoms with Crippen molar-refractivity contribution in [1.82, 2.24) is 15.2 Å². The molecular weight excluding hydrogens is 393 g/mol. The maximum atomic E-state index is 13.3. The van der Waals surface area contributed by atoms with Gasteiger partial charge in [-0.25, -0.2) is 4.98 Å². The second kappa shape index (κ2) is 9.87. The molecule has 28 heavy (non-hydrogen) atoms. The second-order valence-corrected chi connectivity index (χ2v) is 6.83. The summed E-state index contributed by atoms with van der Waals surface area (Å²) in [5.74, 6) is 0.0978. The van der Waals surface area contributed by atoms with Crippen molar-refractivity contribution in [1.29, 1.82) is 0 Å². The molecule has 0 unspecified atom stereocenters. The van der Waals surface area contributed by atoms with Gasteiger partial charge in [0.2, 0.25) is 0 Å². The summed E-state index contributed by atoms with van der Waals surface area (Å²) in [7, 11) is 0. The summed E-state index contributed by atoms with van der Waals surface area (Å²) in [6.45, 7) is 5.42. The molecule has 0 atom stereocenters. The Morgan fingerprint density at radius 3 is 2.54 bits per heavy atom. The molecule has 4 rings (SSSR count). The number of carbonyl (C=O) groups is 1. The number of pyridine rings is 1. The number of carbonyl (C=O) groups excluding carboxylic acids is 1. The number of fused-ring (bicyclic) bond motifs is 1. The number of nitrogens with one attached hydrogen (secondary N) is 1. The summed E-state index contributed by atoms with van der Waals surface area (Å²) >= 11 is 0. The predicted molar refractivity (Wildman–Crippen MR) is 120 cm³/mol. The van der Waals surface area contributed by atoms with Gasteiger partial charge in [0.05, 0.1) is 16.8 Å². The summed E-state index contributed by atoms with van der Waals surface area (Å²) in [5, 5.41) is 4.28. The van der Waals surface area contributed by atoms with Gasteiger partial charge in [-0.05, 0) is 32.0 Å². The fourth-order valence-electron chi connectivity index (χ4n) is 3.44. The first-order valence-corrected chi connectivity index (χ1v) is 9.19. The van der Waals surface area contributed by atoms with Gasteiger partial charge >= 0.3 is 0 Å². The zero-order valence-electron chi connectivity index (χ0n) is 15.9. The maximum Gasteiger partial charge on any atom is 0.254 e. The van der Waals surface area contributed by atoms with Crippen LogP contribution in [0.1, 0.15) is 22.3 Å². The van der Waals surface area contributed by atoms with Crippen LogP contribution in [-0.4, -0.2) is 42.0 Å². The highest BCUT2D eigenvalue weighted by Crippen LogP contribution is 2.26. The standard InChI is InChI=1S/C22H23N3O.2ClH/c1-16-7-9-17(10-8-16)21-15-19(18-5-2-3-6-20(18)24-21)22(26)25-13-4-11-23-12-14-25;;/h2-3,5-10,15,23H,4,11-14H2,1H3;2*1H. The topological polar surface area (TPSA) is 45.2 Å². The lowest BCUT2D eigenvalue weighted by Gasteiger charge is -2.21. The number of rotatable bonds is 2. The van der Waals surface area contributed by atoms with Crippen LogP contribution in [0.25, 0.3) is 22.2 Å². The molecule has 2 aromatic carbocycles. The number of hydrogen-bond acceptors (Lipinski definition) is 3. The first kappa shape index (κ1) is 22.2. The quantitative estimate of drug-likeness (QED) is 0.667. The molecule has 1 saturated heterocycles. The van der Waals surface area contributed by atoms with Crippen LogP contribution in [-0.2, 0) is 0 Å². The normalized spacial score (nSPS) is 14.0. The van der Waals surface area contributed by atoms with Crippen LogP contribution < -0.4 is 5.32 Å². The van der Waals surface area contributed by atoms with Crippen molar-refractivity contribution in [3.8, 4) is 11.3 Å². The molecule has 3 aromatic rings. The Kier molecular flexibility index (Phi) is 7.81. The van der Waals surface area contributed by atoms with Gasteiger partial charge in [0, 0.05) is 30.6 Å². The van der Waals surface area contributed by atoms with Crippen LogP contribution >= 0.6 is 24.8 Å². The highest BCUT2D eigenvalue weighted by Gasteiger charge is 2.20. The van der Waals surface area contributed by atoms with Crippen molar-refractivity contribution in [2.75, 3.05) is 26.2 Å². The number of hydrogen-bond donors (Lipinski definition) is 1. The number of para-hydroxylation sites is 1. The summed E-state index contributed by atoms with van der Waals surface area (Å²) in [6, 6.07) is 18.1. The highest BCUT2D eigenvalue weighted by molar-refractivity contribution is 6.07. The summed E-state index contributed by atoms with van der Waals surface area (Å²) < 4.78 is 0. The molecule has 1 amide bonds. The van der Waals surface area contributed by atoms with Crippen molar-refractivity contribution in [3.05, 3.63) is 65.7 Å². The molecule has 0 radical (unpaired) electrons. The lowest BCUT2D eigenvalue weighted by molar-refractivity contribution is 0.0768. The molecule has 1 aromatic heterocycles. The van der Waals surface area contributed by atoms with E-state index in [2.05, 4.69) is 36.5 Å². The third-order valence-corrected chi connectivity index (χ3v) is 4.92. The van der Waals surface area contributed by atoms with Gasteiger partial charge in [-0.2, -0.15) is 0 Å². The zero-order chi connectivity index (χ0) is 17.9. The number of amides is 1. The molecule has 1 aliphatic rings. The molecule has 0 aliphatic carbocycles. The Balaban J connectivity index is 0.00000140. The molecule has 4 nitrogen and oxygen atoms in total. The lowest BCUT2D eigenvalue weighted by atomic mass is 10.0. The van der Waals surface area contributed by atoms with Gasteiger partial charge in [-0.15, -0.1) is 24.8 Å². The van der Waals surface area contributed by atoms with Crippen molar-refractivity contribution >= 4 is 41.6 Å². The molecule has 1 N–H and O–H groups in total. The van der Waals surface area contributed by atoms with Gasteiger partial charge in [0.15, 0.2) is 0 Å². The van der Waals surface area contributed by atoms with Crippen LogP contribution in [0.5, 0.6) is 0 Å². The van der Waals surface area contributed by atoms with Crippen molar-refractivity contribution in [3.63, 3.8) is 0 Å². The molecule has 1 fully saturated rings. The third kappa shape index (κ3) is 4.64. The first-order valence-electron chi connectivity index (χ1n) is 9.19. The Hall–Kier alpha value is -2.14. The largest absolute Gasteiger partial charge is 0.337 e. The van der Waals surface area contributed by atoms with Crippen molar-refractivity contribution < 1.29 is 4.79 Å². The van der Waals surface area contributed by atoms with E-state index >= 15 is 0 Å². The molecule has 6 heteroatoms. The van der Waals surface area contributed by atoms with Crippen LogP contribution in [0.15, 0.2) is 54.6 Å². The van der Waals surface area contributed by atoms with Crippen molar-refractivity contribution in [2.45, 2.75) is 13.3 Å². The fourth-order valence-corrected chi connectivity index (χ4v) is 3.44. The van der Waals surface area contributed by atoms with Crippen LogP contribution in [0.2, 0.25) is 0 Å². The van der Waals surface area contributed by atoms with E-state index in [1.807, 2.05) is 35.2 Å². The van der Waals surface area contributed by atoms with Gasteiger partial charge in [0.25, 0.3) is 5.91 Å². The lowest BCUT2D eigenvalue weighted by Crippen LogP contribution is -2.34. The monoisotopic (exact) mass is 417 g/mol. The number of benzene rings is 2. The van der Waals surface area contributed by atoms with E-state index < -0.39 is 0 Å². The molecular formula is C22H25Cl2N3O. The summed E-state index contributed by atoms with van der Waals surface area (Å²) in [4.78, 5) is 20.0. The Morgan fingerprint density at radius 2 is 1.75 bits per heavy atom. The average Bonchev–Trinajstić information content (AvgIpc) is 2.96. The third-order valence-electron chi connectivity index (χ3n) is 4.92. The minimum Gasteiger partial charge on any atom is -0.337 e. The van der Waals surface area contributed by atoms with Gasteiger partial charge in [-0.3, -0.25) is 4.79 Å². The van der Waals surface area contributed by atoms with E-state index in [0.29, 0.717) is 0 Å². The smallest absolute Gasteiger partial charge is 0.254 e. The summed E-state index contributed by atoms with van der Waals surface area (Å²) in [5.41, 5.74) is 4.70. The van der Waals surface area contributed by atoms with E-state index in [0.717, 1.165) is 60.3 Å². The minimum absolute atomic E-state index is 0. The van der Waals surface area contributed by atoms with E-state index in [4.69, 9.17) is 4.98 Å². The SMILES string of the molecule is Cc1ccc(-c2cc(C(=O)N3CCCNCC3)c3ccccc3n2)cc1.Cl.Cl. The molecule has 0 bridgehead atoms. The van der Waals surface area contributed by atoms with Crippen LogP contribution in [0, 0.1) is 6.92 Å².